The van der Waals surface area contributed by atoms with Gasteiger partial charge in [-0.05, 0) is 36.1 Å². The number of carbonyl (C=O) groups excluding carboxylic acids is 1. The van der Waals surface area contributed by atoms with Gasteiger partial charge in [-0.3, -0.25) is 4.79 Å². The fourth-order valence-corrected chi connectivity index (χ4v) is 3.72. The molecule has 128 valence electrons. The van der Waals surface area contributed by atoms with Gasteiger partial charge in [-0.25, -0.2) is 0 Å². The maximum Gasteiger partial charge on any atom is 0.241 e. The van der Waals surface area contributed by atoms with Crippen molar-refractivity contribution >= 4 is 35.0 Å². The zero-order valence-corrected chi connectivity index (χ0v) is 14.5. The van der Waals surface area contributed by atoms with E-state index in [1.165, 1.54) is 32.1 Å². The second kappa shape index (κ2) is 7.41. The van der Waals surface area contributed by atoms with Crippen LogP contribution in [0.1, 0.15) is 49.7 Å². The molecule has 3 rings (SSSR count). The normalized spacial score (nSPS) is 18.7. The van der Waals surface area contributed by atoms with Gasteiger partial charge in [0.15, 0.2) is 0 Å². The minimum absolute atomic E-state index is 0.167. The highest BCUT2D eigenvalue weighted by molar-refractivity contribution is 6.34. The summed E-state index contributed by atoms with van der Waals surface area (Å²) in [6.45, 7) is 3.95. The molecule has 1 aromatic rings. The van der Waals surface area contributed by atoms with Crippen molar-refractivity contribution in [2.24, 2.45) is 11.7 Å². The Morgan fingerprint density at radius 3 is 2.88 bits per heavy atom. The van der Waals surface area contributed by atoms with Gasteiger partial charge in [-0.1, -0.05) is 50.3 Å². The topological polar surface area (TPSA) is 67.1 Å². The lowest BCUT2D eigenvalue weighted by Crippen LogP contribution is -2.37. The number of hydrogen-bond acceptors (Lipinski definition) is 3. The summed E-state index contributed by atoms with van der Waals surface area (Å²) >= 11 is 6.32. The molecule has 1 fully saturated rings. The summed E-state index contributed by atoms with van der Waals surface area (Å²) in [6, 6.07) is 3.19. The first kappa shape index (κ1) is 17.1. The first-order valence-electron chi connectivity index (χ1n) is 8.57. The highest BCUT2D eigenvalue weighted by Gasteiger charge is 2.22. The van der Waals surface area contributed by atoms with Crippen molar-refractivity contribution in [1.29, 1.82) is 0 Å². The molecule has 1 atom stereocenters. The van der Waals surface area contributed by atoms with Crippen molar-refractivity contribution < 1.29 is 4.79 Å². The molecule has 1 amide bonds. The number of halogens is 1. The molecule has 5 heteroatoms. The third-order valence-corrected chi connectivity index (χ3v) is 5.20. The van der Waals surface area contributed by atoms with Crippen LogP contribution >= 0.6 is 11.6 Å². The van der Waals surface area contributed by atoms with Crippen LogP contribution < -0.4 is 16.4 Å². The van der Waals surface area contributed by atoms with E-state index < -0.39 is 6.04 Å². The number of fused-ring (bicyclic) bond motifs is 1. The molecular weight excluding hydrogens is 322 g/mol. The molecule has 1 aliphatic heterocycles. The van der Waals surface area contributed by atoms with Crippen LogP contribution in [-0.2, 0) is 4.79 Å². The number of nitrogens with one attached hydrogen (secondary N) is 2. The number of benzene rings is 1. The molecule has 0 bridgehead atoms. The van der Waals surface area contributed by atoms with Crippen LogP contribution in [0.2, 0.25) is 5.02 Å². The van der Waals surface area contributed by atoms with E-state index in [1.54, 1.807) is 0 Å². The van der Waals surface area contributed by atoms with Gasteiger partial charge in [0.05, 0.1) is 16.8 Å². The quantitative estimate of drug-likeness (QED) is 0.768. The summed E-state index contributed by atoms with van der Waals surface area (Å²) in [5, 5.41) is 6.42. The van der Waals surface area contributed by atoms with E-state index in [1.807, 2.05) is 24.4 Å². The van der Waals surface area contributed by atoms with E-state index in [-0.39, 0.29) is 5.91 Å². The molecule has 1 aliphatic carbocycles. The van der Waals surface area contributed by atoms with Crippen molar-refractivity contribution in [2.75, 3.05) is 5.32 Å². The molecule has 4 N–H and O–H groups in total. The number of nitrogens with two attached hydrogens (primary N) is 1. The number of anilines is 1. The number of amides is 1. The lowest BCUT2D eigenvalue weighted by atomic mass is 9.85. The molecule has 0 radical (unpaired) electrons. The minimum Gasteiger partial charge on any atom is -0.362 e. The standard InChI is InChI=1S/C19H24ClN3O/c1-12-15-11-16(20)18(10-14(15)7-8-22-12)23-19(24)17(21)9-13-5-3-2-4-6-13/h7-8,10-11,13,17,22H,1-6,9,21H2,(H,23,24)/t17-/m1/s1. The van der Waals surface area contributed by atoms with E-state index in [0.29, 0.717) is 16.6 Å². The predicted octanol–water partition coefficient (Wildman–Crippen LogP) is 4.12. The van der Waals surface area contributed by atoms with Gasteiger partial charge in [0.2, 0.25) is 5.91 Å². The molecule has 2 aliphatic rings. The number of hydrogen-bond donors (Lipinski definition) is 3. The summed E-state index contributed by atoms with van der Waals surface area (Å²) in [7, 11) is 0. The summed E-state index contributed by atoms with van der Waals surface area (Å²) in [4.78, 5) is 12.4. The number of carbonyl (C=O) groups is 1. The third-order valence-electron chi connectivity index (χ3n) is 4.89. The van der Waals surface area contributed by atoms with E-state index >= 15 is 0 Å². The van der Waals surface area contributed by atoms with Crippen molar-refractivity contribution in [3.63, 3.8) is 0 Å². The highest BCUT2D eigenvalue weighted by Crippen LogP contribution is 2.32. The Balaban J connectivity index is 1.68. The van der Waals surface area contributed by atoms with Crippen molar-refractivity contribution in [3.05, 3.63) is 41.1 Å². The van der Waals surface area contributed by atoms with Crippen LogP contribution in [0.25, 0.3) is 11.8 Å². The maximum absolute atomic E-state index is 12.4. The zero-order valence-electron chi connectivity index (χ0n) is 13.8. The van der Waals surface area contributed by atoms with Crippen LogP contribution in [0.3, 0.4) is 0 Å². The second-order valence-corrected chi connectivity index (χ2v) is 7.12. The SMILES string of the molecule is C=C1NC=Cc2cc(NC(=O)[C@H](N)CC3CCCCC3)c(Cl)cc21. The van der Waals surface area contributed by atoms with Crippen LogP contribution in [-0.4, -0.2) is 11.9 Å². The molecule has 1 aromatic carbocycles. The van der Waals surface area contributed by atoms with Crippen LogP contribution in [0.5, 0.6) is 0 Å². The van der Waals surface area contributed by atoms with Gasteiger partial charge < -0.3 is 16.4 Å². The maximum atomic E-state index is 12.4. The first-order valence-corrected chi connectivity index (χ1v) is 8.95. The molecule has 0 unspecified atom stereocenters. The number of rotatable bonds is 4. The molecule has 0 saturated heterocycles. The van der Waals surface area contributed by atoms with Crippen LogP contribution in [0.15, 0.2) is 24.9 Å². The third kappa shape index (κ3) is 3.82. The summed E-state index contributed by atoms with van der Waals surface area (Å²) < 4.78 is 0. The summed E-state index contributed by atoms with van der Waals surface area (Å²) in [5.74, 6) is 0.398. The monoisotopic (exact) mass is 345 g/mol. The van der Waals surface area contributed by atoms with E-state index in [0.717, 1.165) is 23.2 Å². The van der Waals surface area contributed by atoms with Gasteiger partial charge in [-0.2, -0.15) is 0 Å². The largest absolute Gasteiger partial charge is 0.362 e. The highest BCUT2D eigenvalue weighted by atomic mass is 35.5. The molecule has 1 saturated carbocycles. The molecular formula is C19H24ClN3O. The fourth-order valence-electron chi connectivity index (χ4n) is 3.51. The smallest absolute Gasteiger partial charge is 0.241 e. The van der Waals surface area contributed by atoms with Gasteiger partial charge in [0.25, 0.3) is 0 Å². The minimum atomic E-state index is -0.493. The van der Waals surface area contributed by atoms with Gasteiger partial charge in [0, 0.05) is 17.5 Å². The Labute approximate surface area is 148 Å². The average molecular weight is 346 g/mol. The Bertz CT molecular complexity index is 677. The lowest BCUT2D eigenvalue weighted by Gasteiger charge is -2.24. The van der Waals surface area contributed by atoms with Crippen LogP contribution in [0, 0.1) is 5.92 Å². The van der Waals surface area contributed by atoms with E-state index in [2.05, 4.69) is 17.2 Å². The first-order chi connectivity index (χ1) is 11.5. The van der Waals surface area contributed by atoms with Gasteiger partial charge >= 0.3 is 0 Å². The summed E-state index contributed by atoms with van der Waals surface area (Å²) in [6.07, 6.45) is 10.7. The molecule has 0 spiro atoms. The Hall–Kier alpha value is -1.78. The Kier molecular flexibility index (Phi) is 5.27. The van der Waals surface area contributed by atoms with Crippen molar-refractivity contribution in [3.8, 4) is 0 Å². The van der Waals surface area contributed by atoms with Crippen molar-refractivity contribution in [1.82, 2.24) is 5.32 Å². The van der Waals surface area contributed by atoms with Gasteiger partial charge in [0.1, 0.15) is 0 Å². The zero-order chi connectivity index (χ0) is 17.1. The van der Waals surface area contributed by atoms with Gasteiger partial charge in [-0.15, -0.1) is 0 Å². The lowest BCUT2D eigenvalue weighted by molar-refractivity contribution is -0.117. The van der Waals surface area contributed by atoms with E-state index in [9.17, 15) is 4.79 Å². The summed E-state index contributed by atoms with van der Waals surface area (Å²) in [5.41, 5.74) is 9.41. The second-order valence-electron chi connectivity index (χ2n) is 6.71. The average Bonchev–Trinajstić information content (AvgIpc) is 2.57. The fraction of sp³-hybridized carbons (Fsp3) is 0.421. The van der Waals surface area contributed by atoms with Crippen molar-refractivity contribution in [2.45, 2.75) is 44.6 Å². The molecule has 1 heterocycles. The molecule has 4 nitrogen and oxygen atoms in total. The molecule has 0 aromatic heterocycles. The predicted molar refractivity (Wildman–Crippen MR) is 100 cm³/mol. The van der Waals surface area contributed by atoms with E-state index in [4.69, 9.17) is 17.3 Å². The Morgan fingerprint density at radius 2 is 2.12 bits per heavy atom. The Morgan fingerprint density at radius 1 is 1.38 bits per heavy atom. The van der Waals surface area contributed by atoms with Crippen LogP contribution in [0.4, 0.5) is 5.69 Å². The molecule has 24 heavy (non-hydrogen) atoms.